The molecule has 2 aliphatic heterocycles. The molecule has 0 radical (unpaired) electrons. The third-order valence-electron chi connectivity index (χ3n) is 5.44. The average Bonchev–Trinajstić information content (AvgIpc) is 3.18. The molecule has 1 amide bonds. The lowest BCUT2D eigenvalue weighted by atomic mass is 10.0. The maximum atomic E-state index is 14.6. The number of carbonyl (C=O) groups is 1. The Labute approximate surface area is 168 Å². The Hall–Kier alpha value is -2.83. The van der Waals surface area contributed by atoms with Crippen LogP contribution in [0.4, 0.5) is 10.1 Å². The topological polar surface area (TPSA) is 103 Å². The molecule has 1 aromatic carbocycles. The van der Waals surface area contributed by atoms with Gasteiger partial charge < -0.3 is 20.3 Å². The van der Waals surface area contributed by atoms with Gasteiger partial charge in [0.15, 0.2) is 0 Å². The number of aromatic nitrogens is 2. The van der Waals surface area contributed by atoms with Crippen molar-refractivity contribution in [3.05, 3.63) is 30.2 Å². The summed E-state index contributed by atoms with van der Waals surface area (Å²) in [6.07, 6.45) is 2.96. The summed E-state index contributed by atoms with van der Waals surface area (Å²) < 4.78 is 20.5. The van der Waals surface area contributed by atoms with E-state index in [0.717, 1.165) is 11.1 Å². The summed E-state index contributed by atoms with van der Waals surface area (Å²) in [6, 6.07) is 5.80. The Bertz CT molecular complexity index is 956. The predicted octanol–water partition coefficient (Wildman–Crippen LogP) is 0.913. The van der Waals surface area contributed by atoms with Crippen LogP contribution in [-0.2, 0) is 9.53 Å². The van der Waals surface area contributed by atoms with Gasteiger partial charge in [0.25, 0.3) is 5.91 Å². The zero-order valence-corrected chi connectivity index (χ0v) is 16.2. The second-order valence-corrected chi connectivity index (χ2v) is 7.60. The zero-order valence-electron chi connectivity index (χ0n) is 16.2. The standard InChI is InChI=1S/C20H23FN6O2/c1-13-9-27(17-3-2-14(6-22)18-16(17)8-24-12-26-18)10-15(29-13)7-25-19(28)20(21)4-5-23-11-20/h2-3,8,12-13,15,23H,4-5,7,9-11H2,1H3,(H,25,28)/t13-,15+,20-/m1/s1. The molecule has 1 aromatic heterocycles. The molecule has 3 heterocycles. The van der Waals surface area contributed by atoms with Crippen LogP contribution in [0, 0.1) is 11.3 Å². The van der Waals surface area contributed by atoms with Crippen LogP contribution in [0.2, 0.25) is 0 Å². The largest absolute Gasteiger partial charge is 0.370 e. The maximum Gasteiger partial charge on any atom is 0.259 e. The maximum absolute atomic E-state index is 14.6. The fourth-order valence-electron chi connectivity index (χ4n) is 4.00. The van der Waals surface area contributed by atoms with Crippen LogP contribution in [0.15, 0.2) is 24.7 Å². The number of carbonyl (C=O) groups excluding carboxylic acids is 1. The van der Waals surface area contributed by atoms with Crippen LogP contribution in [0.3, 0.4) is 0 Å². The fraction of sp³-hybridized carbons (Fsp3) is 0.500. The predicted molar refractivity (Wildman–Crippen MR) is 105 cm³/mol. The molecule has 3 atom stereocenters. The van der Waals surface area contributed by atoms with E-state index in [-0.39, 0.29) is 31.7 Å². The molecule has 0 saturated carbocycles. The van der Waals surface area contributed by atoms with Crippen molar-refractivity contribution in [2.75, 3.05) is 37.6 Å². The summed E-state index contributed by atoms with van der Waals surface area (Å²) in [4.78, 5) is 22.8. The van der Waals surface area contributed by atoms with E-state index in [0.29, 0.717) is 30.7 Å². The molecule has 4 rings (SSSR count). The fourth-order valence-corrected chi connectivity index (χ4v) is 4.00. The number of halogens is 1. The molecule has 0 bridgehead atoms. The van der Waals surface area contributed by atoms with Gasteiger partial charge >= 0.3 is 0 Å². The highest BCUT2D eigenvalue weighted by molar-refractivity contribution is 5.94. The van der Waals surface area contributed by atoms with Crippen molar-refractivity contribution in [1.29, 1.82) is 5.26 Å². The second kappa shape index (κ2) is 7.89. The number of benzene rings is 1. The third-order valence-corrected chi connectivity index (χ3v) is 5.44. The normalized spacial score (nSPS) is 27.0. The van der Waals surface area contributed by atoms with Gasteiger partial charge in [-0.1, -0.05) is 0 Å². The quantitative estimate of drug-likeness (QED) is 0.789. The van der Waals surface area contributed by atoms with Crippen LogP contribution in [-0.4, -0.2) is 66.5 Å². The highest BCUT2D eigenvalue weighted by atomic mass is 19.1. The highest BCUT2D eigenvalue weighted by Crippen LogP contribution is 2.29. The molecular formula is C20H23FN6O2. The lowest BCUT2D eigenvalue weighted by Crippen LogP contribution is -2.53. The SMILES string of the molecule is C[C@@H]1CN(c2ccc(C#N)c3ncncc23)C[C@H](CNC(=O)[C@@]2(F)CCNC2)O1. The first-order chi connectivity index (χ1) is 14.0. The molecule has 0 spiro atoms. The van der Waals surface area contributed by atoms with Gasteiger partial charge in [0.05, 0.1) is 23.3 Å². The number of rotatable bonds is 4. The number of alkyl halides is 1. The van der Waals surface area contributed by atoms with E-state index in [9.17, 15) is 14.4 Å². The van der Waals surface area contributed by atoms with Crippen LogP contribution in [0.5, 0.6) is 0 Å². The van der Waals surface area contributed by atoms with Gasteiger partial charge in [0.1, 0.15) is 12.4 Å². The molecule has 0 unspecified atom stereocenters. The van der Waals surface area contributed by atoms with Crippen LogP contribution in [0.25, 0.3) is 10.9 Å². The van der Waals surface area contributed by atoms with E-state index in [4.69, 9.17) is 4.74 Å². The summed E-state index contributed by atoms with van der Waals surface area (Å²) in [5, 5.41) is 15.7. The molecule has 29 heavy (non-hydrogen) atoms. The van der Waals surface area contributed by atoms with E-state index in [1.165, 1.54) is 6.33 Å². The van der Waals surface area contributed by atoms with Crippen molar-refractivity contribution in [2.45, 2.75) is 31.2 Å². The van der Waals surface area contributed by atoms with Crippen molar-refractivity contribution >= 4 is 22.5 Å². The van der Waals surface area contributed by atoms with Crippen LogP contribution >= 0.6 is 0 Å². The first-order valence-corrected chi connectivity index (χ1v) is 9.71. The second-order valence-electron chi connectivity index (χ2n) is 7.60. The van der Waals surface area contributed by atoms with E-state index in [2.05, 4.69) is 31.6 Å². The minimum atomic E-state index is -1.85. The molecule has 2 N–H and O–H groups in total. The number of hydrogen-bond acceptors (Lipinski definition) is 7. The average molecular weight is 398 g/mol. The van der Waals surface area contributed by atoms with Gasteiger partial charge in [-0.25, -0.2) is 14.4 Å². The van der Waals surface area contributed by atoms with E-state index in [1.54, 1.807) is 12.3 Å². The van der Waals surface area contributed by atoms with Crippen LogP contribution in [0.1, 0.15) is 18.9 Å². The molecule has 152 valence electrons. The molecule has 8 nitrogen and oxygen atoms in total. The summed E-state index contributed by atoms with van der Waals surface area (Å²) in [7, 11) is 0. The van der Waals surface area contributed by atoms with Crippen molar-refractivity contribution in [3.63, 3.8) is 0 Å². The molecule has 0 aliphatic carbocycles. The van der Waals surface area contributed by atoms with Crippen LogP contribution < -0.4 is 15.5 Å². The number of nitriles is 1. The van der Waals surface area contributed by atoms with Gasteiger partial charge in [-0.3, -0.25) is 4.79 Å². The number of amides is 1. The van der Waals surface area contributed by atoms with E-state index < -0.39 is 11.6 Å². The van der Waals surface area contributed by atoms with Gasteiger partial charge in [-0.2, -0.15) is 5.26 Å². The Morgan fingerprint density at radius 2 is 2.38 bits per heavy atom. The summed E-state index contributed by atoms with van der Waals surface area (Å²) in [6.45, 7) is 3.92. The highest BCUT2D eigenvalue weighted by Gasteiger charge is 2.41. The molecule has 2 saturated heterocycles. The first-order valence-electron chi connectivity index (χ1n) is 9.71. The van der Waals surface area contributed by atoms with Gasteiger partial charge in [0, 0.05) is 49.9 Å². The molecule has 9 heteroatoms. The third kappa shape index (κ3) is 3.86. The number of fused-ring (bicyclic) bond motifs is 1. The van der Waals surface area contributed by atoms with Crippen molar-refractivity contribution < 1.29 is 13.9 Å². The number of nitrogens with one attached hydrogen (secondary N) is 2. The smallest absolute Gasteiger partial charge is 0.259 e. The van der Waals surface area contributed by atoms with Gasteiger partial charge in [-0.05, 0) is 25.6 Å². The number of ether oxygens (including phenoxy) is 1. The minimum Gasteiger partial charge on any atom is -0.370 e. The Balaban J connectivity index is 1.50. The molecule has 2 fully saturated rings. The van der Waals surface area contributed by atoms with Crippen molar-refractivity contribution in [3.8, 4) is 6.07 Å². The lowest BCUT2D eigenvalue weighted by Gasteiger charge is -2.39. The number of nitrogens with zero attached hydrogens (tertiary/aromatic N) is 4. The van der Waals surface area contributed by atoms with E-state index in [1.807, 2.05) is 13.0 Å². The summed E-state index contributed by atoms with van der Waals surface area (Å²) in [5.74, 6) is -0.590. The Morgan fingerprint density at radius 3 is 3.14 bits per heavy atom. The first kappa shape index (κ1) is 19.5. The minimum absolute atomic E-state index is 0.0457. The number of hydrogen-bond donors (Lipinski definition) is 2. The van der Waals surface area contributed by atoms with Crippen molar-refractivity contribution in [1.82, 2.24) is 20.6 Å². The zero-order chi connectivity index (χ0) is 20.4. The Kier molecular flexibility index (Phi) is 5.30. The lowest BCUT2D eigenvalue weighted by molar-refractivity contribution is -0.132. The number of morpholine rings is 1. The Morgan fingerprint density at radius 1 is 1.52 bits per heavy atom. The molecular weight excluding hydrogens is 375 g/mol. The molecule has 2 aromatic rings. The summed E-state index contributed by atoms with van der Waals surface area (Å²) in [5.41, 5.74) is 0.167. The van der Waals surface area contributed by atoms with Crippen molar-refractivity contribution in [2.24, 2.45) is 0 Å². The van der Waals surface area contributed by atoms with Gasteiger partial charge in [-0.15, -0.1) is 0 Å². The van der Waals surface area contributed by atoms with Gasteiger partial charge in [0.2, 0.25) is 5.67 Å². The van der Waals surface area contributed by atoms with E-state index >= 15 is 0 Å². The summed E-state index contributed by atoms with van der Waals surface area (Å²) >= 11 is 0. The molecule has 2 aliphatic rings. The number of anilines is 1. The monoisotopic (exact) mass is 398 g/mol.